The Hall–Kier alpha value is -1.67. The van der Waals surface area contributed by atoms with E-state index >= 15 is 0 Å². The van der Waals surface area contributed by atoms with Gasteiger partial charge in [0.1, 0.15) is 10.7 Å². The Balaban J connectivity index is 2.03. The lowest BCUT2D eigenvalue weighted by Crippen LogP contribution is -2.32. The number of hydrogen-bond acceptors (Lipinski definition) is 4. The molecule has 0 amide bonds. The minimum atomic E-state index is -3.56. The SMILES string of the molecule is Cc1cn(C)c([C@H]2CCCN2S(=O)(=O)c2cn(C)nc2C)n1. The highest BCUT2D eigenvalue weighted by Gasteiger charge is 2.39. The van der Waals surface area contributed by atoms with Crippen molar-refractivity contribution in [2.75, 3.05) is 6.54 Å². The van der Waals surface area contributed by atoms with Crippen LogP contribution in [0.5, 0.6) is 0 Å². The first-order valence-electron chi connectivity index (χ1n) is 7.32. The molecule has 0 N–H and O–H groups in total. The van der Waals surface area contributed by atoms with Crippen molar-refractivity contribution in [2.24, 2.45) is 14.1 Å². The Morgan fingerprint density at radius 1 is 1.23 bits per heavy atom. The van der Waals surface area contributed by atoms with Gasteiger partial charge in [-0.3, -0.25) is 4.68 Å². The fourth-order valence-corrected chi connectivity index (χ4v) is 5.04. The summed E-state index contributed by atoms with van der Waals surface area (Å²) in [6, 6.07) is -0.205. The molecule has 1 saturated heterocycles. The van der Waals surface area contributed by atoms with Gasteiger partial charge in [-0.2, -0.15) is 9.40 Å². The molecule has 1 aliphatic heterocycles. The third kappa shape index (κ3) is 2.36. The van der Waals surface area contributed by atoms with E-state index in [0.717, 1.165) is 24.4 Å². The highest BCUT2D eigenvalue weighted by molar-refractivity contribution is 7.89. The highest BCUT2D eigenvalue weighted by Crippen LogP contribution is 2.36. The summed E-state index contributed by atoms with van der Waals surface area (Å²) < 4.78 is 31.0. The van der Waals surface area contributed by atoms with Crippen molar-refractivity contribution in [3.05, 3.63) is 29.6 Å². The molecule has 0 spiro atoms. The molecular weight excluding hydrogens is 302 g/mol. The van der Waals surface area contributed by atoms with Crippen LogP contribution in [0.1, 0.15) is 36.1 Å². The van der Waals surface area contributed by atoms with E-state index in [1.807, 2.05) is 24.7 Å². The molecule has 2 aromatic heterocycles. The van der Waals surface area contributed by atoms with Gasteiger partial charge in [0, 0.05) is 33.0 Å². The van der Waals surface area contributed by atoms with E-state index in [1.54, 1.807) is 24.5 Å². The zero-order chi connectivity index (χ0) is 16.1. The molecule has 0 bridgehead atoms. The van der Waals surface area contributed by atoms with E-state index < -0.39 is 10.0 Å². The zero-order valence-electron chi connectivity index (χ0n) is 13.3. The molecule has 1 aliphatic rings. The molecule has 2 aromatic rings. The van der Waals surface area contributed by atoms with Gasteiger partial charge < -0.3 is 4.57 Å². The van der Waals surface area contributed by atoms with E-state index in [9.17, 15) is 8.42 Å². The van der Waals surface area contributed by atoms with Crippen LogP contribution in [0, 0.1) is 13.8 Å². The molecule has 0 saturated carbocycles. The van der Waals surface area contributed by atoms with Crippen molar-refractivity contribution in [2.45, 2.75) is 37.6 Å². The summed E-state index contributed by atoms with van der Waals surface area (Å²) in [5, 5.41) is 4.16. The third-order valence-corrected chi connectivity index (χ3v) is 6.10. The van der Waals surface area contributed by atoms with Gasteiger partial charge in [0.25, 0.3) is 0 Å². The molecule has 7 nitrogen and oxygen atoms in total. The summed E-state index contributed by atoms with van der Waals surface area (Å²) in [5.41, 5.74) is 1.43. The lowest BCUT2D eigenvalue weighted by atomic mass is 10.2. The average molecular weight is 323 g/mol. The van der Waals surface area contributed by atoms with Gasteiger partial charge in [-0.05, 0) is 26.7 Å². The zero-order valence-corrected chi connectivity index (χ0v) is 14.1. The van der Waals surface area contributed by atoms with E-state index in [1.165, 1.54) is 4.68 Å². The Morgan fingerprint density at radius 3 is 2.50 bits per heavy atom. The molecule has 3 heterocycles. The first kappa shape index (κ1) is 15.2. The molecule has 0 aromatic carbocycles. The van der Waals surface area contributed by atoms with Crippen LogP contribution in [-0.4, -0.2) is 38.6 Å². The number of hydrogen-bond donors (Lipinski definition) is 0. The van der Waals surface area contributed by atoms with Crippen molar-refractivity contribution in [3.8, 4) is 0 Å². The van der Waals surface area contributed by atoms with Crippen LogP contribution in [-0.2, 0) is 24.1 Å². The summed E-state index contributed by atoms with van der Waals surface area (Å²) in [6.45, 7) is 4.17. The highest BCUT2D eigenvalue weighted by atomic mass is 32.2. The second-order valence-corrected chi connectivity index (χ2v) is 7.74. The van der Waals surface area contributed by atoms with Crippen LogP contribution < -0.4 is 0 Å². The first-order chi connectivity index (χ1) is 10.3. The Labute approximate surface area is 130 Å². The molecule has 3 rings (SSSR count). The summed E-state index contributed by atoms with van der Waals surface area (Å²) in [4.78, 5) is 4.80. The largest absolute Gasteiger partial charge is 0.336 e. The van der Waals surface area contributed by atoms with Crippen LogP contribution >= 0.6 is 0 Å². The van der Waals surface area contributed by atoms with Crippen molar-refractivity contribution in [3.63, 3.8) is 0 Å². The molecule has 8 heteroatoms. The van der Waals surface area contributed by atoms with E-state index in [4.69, 9.17) is 0 Å². The van der Waals surface area contributed by atoms with E-state index in [0.29, 0.717) is 12.2 Å². The van der Waals surface area contributed by atoms with Crippen LogP contribution in [0.25, 0.3) is 0 Å². The number of sulfonamides is 1. The van der Waals surface area contributed by atoms with E-state index in [-0.39, 0.29) is 10.9 Å². The van der Waals surface area contributed by atoms with Gasteiger partial charge in [0.2, 0.25) is 10.0 Å². The second-order valence-electron chi connectivity index (χ2n) is 5.88. The first-order valence-corrected chi connectivity index (χ1v) is 8.76. The van der Waals surface area contributed by atoms with Gasteiger partial charge in [0.15, 0.2) is 0 Å². The predicted molar refractivity (Wildman–Crippen MR) is 81.8 cm³/mol. The summed E-state index contributed by atoms with van der Waals surface area (Å²) in [5.74, 6) is 0.806. The van der Waals surface area contributed by atoms with Crippen LogP contribution in [0.3, 0.4) is 0 Å². The predicted octanol–water partition coefficient (Wildman–Crippen LogP) is 1.30. The van der Waals surface area contributed by atoms with Gasteiger partial charge in [0.05, 0.1) is 17.4 Å². The normalized spacial score (nSPS) is 19.9. The molecule has 22 heavy (non-hydrogen) atoms. The molecule has 0 radical (unpaired) electrons. The van der Waals surface area contributed by atoms with Crippen molar-refractivity contribution in [1.82, 2.24) is 23.6 Å². The van der Waals surface area contributed by atoms with Crippen molar-refractivity contribution in [1.29, 1.82) is 0 Å². The maximum atomic E-state index is 13.0. The molecule has 1 atom stereocenters. The molecule has 1 fully saturated rings. The van der Waals surface area contributed by atoms with Gasteiger partial charge in [-0.1, -0.05) is 0 Å². The van der Waals surface area contributed by atoms with Gasteiger partial charge in [-0.25, -0.2) is 13.4 Å². The lowest BCUT2D eigenvalue weighted by Gasteiger charge is -2.23. The lowest BCUT2D eigenvalue weighted by molar-refractivity contribution is 0.377. The minimum Gasteiger partial charge on any atom is -0.336 e. The molecule has 0 unspecified atom stereocenters. The maximum absolute atomic E-state index is 13.0. The summed E-state index contributed by atoms with van der Waals surface area (Å²) >= 11 is 0. The fourth-order valence-electron chi connectivity index (χ4n) is 3.19. The smallest absolute Gasteiger partial charge is 0.247 e. The second kappa shape index (κ2) is 5.20. The van der Waals surface area contributed by atoms with Crippen LogP contribution in [0.2, 0.25) is 0 Å². The standard InChI is InChI=1S/C14H21N5O2S/c1-10-8-17(3)14(15-10)12-6-5-7-19(12)22(20,21)13-9-18(4)16-11(13)2/h8-9,12H,5-7H2,1-4H3/t12-/m1/s1. The van der Waals surface area contributed by atoms with Crippen molar-refractivity contribution >= 4 is 10.0 Å². The topological polar surface area (TPSA) is 73.0 Å². The monoisotopic (exact) mass is 323 g/mol. The fraction of sp³-hybridized carbons (Fsp3) is 0.571. The third-order valence-electron chi connectivity index (χ3n) is 4.09. The maximum Gasteiger partial charge on any atom is 0.247 e. The number of rotatable bonds is 3. The number of aromatic nitrogens is 4. The van der Waals surface area contributed by atoms with Crippen LogP contribution in [0.4, 0.5) is 0 Å². The molecular formula is C14H21N5O2S. The van der Waals surface area contributed by atoms with E-state index in [2.05, 4.69) is 10.1 Å². The Kier molecular flexibility index (Phi) is 3.60. The van der Waals surface area contributed by atoms with Crippen molar-refractivity contribution < 1.29 is 8.42 Å². The quantitative estimate of drug-likeness (QED) is 0.853. The van der Waals surface area contributed by atoms with Crippen LogP contribution in [0.15, 0.2) is 17.3 Å². The molecule has 0 aliphatic carbocycles. The number of nitrogens with zero attached hydrogens (tertiary/aromatic N) is 5. The average Bonchev–Trinajstić information content (AvgIpc) is 3.09. The Bertz CT molecular complexity index is 805. The molecule has 120 valence electrons. The minimum absolute atomic E-state index is 0.205. The summed E-state index contributed by atoms with van der Waals surface area (Å²) in [6.07, 6.45) is 5.13. The number of aryl methyl sites for hydroxylation is 4. The van der Waals surface area contributed by atoms with Gasteiger partial charge >= 0.3 is 0 Å². The summed E-state index contributed by atoms with van der Waals surface area (Å²) in [7, 11) is 0.0855. The number of imidazole rings is 1. The Morgan fingerprint density at radius 2 is 1.95 bits per heavy atom. The van der Waals surface area contributed by atoms with Gasteiger partial charge in [-0.15, -0.1) is 0 Å².